The van der Waals surface area contributed by atoms with Crippen molar-refractivity contribution in [3.05, 3.63) is 58.1 Å². The topological polar surface area (TPSA) is 85.3 Å². The molecule has 1 aliphatic heterocycles. The maximum absolute atomic E-state index is 13.3. The fourth-order valence-corrected chi connectivity index (χ4v) is 5.00. The minimum Gasteiger partial charge on any atom is -0.507 e. The van der Waals surface area contributed by atoms with E-state index in [4.69, 9.17) is 25.8 Å². The van der Waals surface area contributed by atoms with Gasteiger partial charge in [0, 0.05) is 17.2 Å². The van der Waals surface area contributed by atoms with E-state index in [-0.39, 0.29) is 17.4 Å². The molecular weight excluding hydrogens is 446 g/mol. The number of Topliss-reactive ketones (excluding diaryl/α,β-unsaturated/α-hetero) is 1. The maximum Gasteiger partial charge on any atom is 0.295 e. The van der Waals surface area contributed by atoms with Gasteiger partial charge in [0.2, 0.25) is 0 Å². The van der Waals surface area contributed by atoms with E-state index in [1.807, 2.05) is 0 Å². The van der Waals surface area contributed by atoms with Gasteiger partial charge in [-0.3, -0.25) is 9.59 Å². The molecule has 7 nitrogen and oxygen atoms in total. The third-order valence-corrected chi connectivity index (χ3v) is 6.66. The summed E-state index contributed by atoms with van der Waals surface area (Å²) < 4.78 is 16.3. The van der Waals surface area contributed by atoms with E-state index < -0.39 is 17.7 Å². The van der Waals surface area contributed by atoms with Gasteiger partial charge in [-0.1, -0.05) is 36.6 Å². The maximum atomic E-state index is 13.3. The number of carbonyl (C=O) groups excluding carboxylic acids is 2. The number of ether oxygens (including phenoxy) is 3. The largest absolute Gasteiger partial charge is 0.507 e. The van der Waals surface area contributed by atoms with Gasteiger partial charge in [-0.05, 0) is 37.1 Å². The summed E-state index contributed by atoms with van der Waals surface area (Å²) in [6.45, 7) is 0. The van der Waals surface area contributed by atoms with Crippen molar-refractivity contribution in [1.29, 1.82) is 0 Å². The van der Waals surface area contributed by atoms with Crippen LogP contribution in [0.4, 0.5) is 0 Å². The molecule has 1 saturated heterocycles. The average Bonchev–Trinajstić information content (AvgIpc) is 3.45. The van der Waals surface area contributed by atoms with Gasteiger partial charge in [0.15, 0.2) is 11.5 Å². The molecule has 2 fully saturated rings. The van der Waals surface area contributed by atoms with Gasteiger partial charge in [0.05, 0.1) is 38.0 Å². The number of aliphatic hydroxyl groups is 1. The Balaban J connectivity index is 1.96. The van der Waals surface area contributed by atoms with E-state index in [1.165, 1.54) is 21.3 Å². The first kappa shape index (κ1) is 23.0. The molecule has 1 unspecified atom stereocenters. The molecule has 1 heterocycles. The summed E-state index contributed by atoms with van der Waals surface area (Å²) in [5.74, 6) is -0.419. The summed E-state index contributed by atoms with van der Waals surface area (Å²) >= 11 is 6.14. The Morgan fingerprint density at radius 2 is 1.70 bits per heavy atom. The highest BCUT2D eigenvalue weighted by molar-refractivity contribution is 6.46. The lowest BCUT2D eigenvalue weighted by atomic mass is 9.93. The first-order chi connectivity index (χ1) is 15.9. The fraction of sp³-hybridized carbons (Fsp3) is 0.360. The zero-order valence-electron chi connectivity index (χ0n) is 18.8. The zero-order chi connectivity index (χ0) is 23.7. The van der Waals surface area contributed by atoms with Crippen molar-refractivity contribution >= 4 is 29.1 Å². The van der Waals surface area contributed by atoms with Crippen molar-refractivity contribution in [3.8, 4) is 17.2 Å². The summed E-state index contributed by atoms with van der Waals surface area (Å²) in [7, 11) is 4.49. The molecule has 1 saturated carbocycles. The summed E-state index contributed by atoms with van der Waals surface area (Å²) in [5, 5.41) is 11.7. The highest BCUT2D eigenvalue weighted by atomic mass is 35.5. The molecule has 2 aromatic rings. The van der Waals surface area contributed by atoms with Gasteiger partial charge in [-0.25, -0.2) is 0 Å². The molecule has 33 heavy (non-hydrogen) atoms. The van der Waals surface area contributed by atoms with Crippen LogP contribution in [0.15, 0.2) is 42.0 Å². The molecule has 0 spiro atoms. The third-order valence-electron chi connectivity index (χ3n) is 6.35. The summed E-state index contributed by atoms with van der Waals surface area (Å²) in [6, 6.07) is 9.08. The van der Waals surface area contributed by atoms with Crippen LogP contribution in [0, 0.1) is 0 Å². The van der Waals surface area contributed by atoms with E-state index in [0.717, 1.165) is 25.7 Å². The van der Waals surface area contributed by atoms with E-state index in [9.17, 15) is 14.7 Å². The molecule has 0 bridgehead atoms. The number of nitrogens with zero attached hydrogens (tertiary/aromatic N) is 1. The molecule has 0 radical (unpaired) electrons. The molecule has 1 aliphatic carbocycles. The number of para-hydroxylation sites is 1. The second-order valence-electron chi connectivity index (χ2n) is 8.08. The lowest BCUT2D eigenvalue weighted by molar-refractivity contribution is -0.141. The lowest BCUT2D eigenvalue weighted by Crippen LogP contribution is -2.37. The standard InChI is InChI=1S/C25H26ClNO6/c1-31-18-10-6-9-16(24(18)33-3)21-20(22(28)14-11-12-17(26)19(13-14)32-2)23(29)25(30)27(21)15-7-4-5-8-15/h6,9-13,15,21,28H,4-5,7-8H2,1-3H3/b22-20-. The Morgan fingerprint density at radius 1 is 1.00 bits per heavy atom. The number of ketones is 1. The SMILES string of the molecule is COc1cc(/C(O)=C2/C(=O)C(=O)N(C3CCCC3)C2c2cccc(OC)c2OC)ccc1Cl. The van der Waals surface area contributed by atoms with E-state index in [2.05, 4.69) is 0 Å². The van der Waals surface area contributed by atoms with Crippen molar-refractivity contribution in [3.63, 3.8) is 0 Å². The normalized spacial score (nSPS) is 20.4. The number of amides is 1. The quantitative estimate of drug-likeness (QED) is 0.372. The number of halogens is 1. The predicted molar refractivity (Wildman–Crippen MR) is 124 cm³/mol. The van der Waals surface area contributed by atoms with Gasteiger partial charge in [-0.2, -0.15) is 0 Å². The van der Waals surface area contributed by atoms with Crippen molar-refractivity contribution in [1.82, 2.24) is 4.90 Å². The highest BCUT2D eigenvalue weighted by Crippen LogP contribution is 2.48. The Bertz CT molecular complexity index is 1120. The Morgan fingerprint density at radius 3 is 2.33 bits per heavy atom. The van der Waals surface area contributed by atoms with E-state index in [1.54, 1.807) is 41.3 Å². The van der Waals surface area contributed by atoms with Crippen molar-refractivity contribution in [2.45, 2.75) is 37.8 Å². The predicted octanol–water partition coefficient (Wildman–Crippen LogP) is 4.73. The van der Waals surface area contributed by atoms with Crippen LogP contribution in [0.2, 0.25) is 5.02 Å². The third kappa shape index (κ3) is 3.91. The number of aliphatic hydroxyl groups excluding tert-OH is 1. The van der Waals surface area contributed by atoms with Gasteiger partial charge in [0.25, 0.3) is 11.7 Å². The van der Waals surface area contributed by atoms with Crippen LogP contribution in [0.25, 0.3) is 5.76 Å². The van der Waals surface area contributed by atoms with E-state index >= 15 is 0 Å². The summed E-state index contributed by atoms with van der Waals surface area (Å²) in [4.78, 5) is 28.2. The minimum atomic E-state index is -0.820. The molecule has 0 aromatic heterocycles. The smallest absolute Gasteiger partial charge is 0.295 e. The molecule has 174 valence electrons. The number of benzene rings is 2. The summed E-state index contributed by atoms with van der Waals surface area (Å²) in [6.07, 6.45) is 3.54. The van der Waals surface area contributed by atoms with E-state index in [0.29, 0.717) is 33.4 Å². The highest BCUT2D eigenvalue weighted by Gasteiger charge is 2.50. The molecule has 2 aromatic carbocycles. The average molecular weight is 472 g/mol. The first-order valence-corrected chi connectivity index (χ1v) is 11.2. The van der Waals surface area contributed by atoms with Crippen LogP contribution in [0.1, 0.15) is 42.9 Å². The number of rotatable bonds is 6. The molecule has 8 heteroatoms. The van der Waals surface area contributed by atoms with Gasteiger partial charge in [-0.15, -0.1) is 0 Å². The Labute approximate surface area is 197 Å². The van der Waals surface area contributed by atoms with Crippen LogP contribution in [-0.2, 0) is 9.59 Å². The second kappa shape index (κ2) is 9.35. The van der Waals surface area contributed by atoms with Crippen molar-refractivity contribution < 1.29 is 28.9 Å². The summed E-state index contributed by atoms with van der Waals surface area (Å²) in [5.41, 5.74) is 0.904. The Kier molecular flexibility index (Phi) is 6.51. The molecule has 1 atom stereocenters. The Hall–Kier alpha value is -3.19. The van der Waals surface area contributed by atoms with Crippen LogP contribution >= 0.6 is 11.6 Å². The van der Waals surface area contributed by atoms with Gasteiger partial charge < -0.3 is 24.2 Å². The number of hydrogen-bond donors (Lipinski definition) is 1. The van der Waals surface area contributed by atoms with Crippen LogP contribution in [0.5, 0.6) is 17.2 Å². The number of hydrogen-bond acceptors (Lipinski definition) is 6. The van der Waals surface area contributed by atoms with Crippen molar-refractivity contribution in [2.24, 2.45) is 0 Å². The zero-order valence-corrected chi connectivity index (χ0v) is 19.5. The molecule has 4 rings (SSSR count). The number of carbonyl (C=O) groups is 2. The minimum absolute atomic E-state index is 0.00262. The number of likely N-dealkylation sites (tertiary alicyclic amines) is 1. The molecule has 2 aliphatic rings. The van der Waals surface area contributed by atoms with Gasteiger partial charge in [0.1, 0.15) is 11.5 Å². The van der Waals surface area contributed by atoms with Crippen molar-refractivity contribution in [2.75, 3.05) is 21.3 Å². The lowest BCUT2D eigenvalue weighted by Gasteiger charge is -2.31. The number of methoxy groups -OCH3 is 3. The van der Waals surface area contributed by atoms with Crippen LogP contribution in [0.3, 0.4) is 0 Å². The molecule has 1 amide bonds. The molecular formula is C25H26ClNO6. The fourth-order valence-electron chi connectivity index (χ4n) is 4.80. The van der Waals surface area contributed by atoms with Gasteiger partial charge >= 0.3 is 0 Å². The monoisotopic (exact) mass is 471 g/mol. The molecule has 1 N–H and O–H groups in total. The first-order valence-electron chi connectivity index (χ1n) is 10.8. The second-order valence-corrected chi connectivity index (χ2v) is 8.48. The van der Waals surface area contributed by atoms with Crippen LogP contribution < -0.4 is 14.2 Å². The van der Waals surface area contributed by atoms with Crippen LogP contribution in [-0.4, -0.2) is 49.1 Å².